The standard InChI is InChI=1S/C12H19NO2S/c1-5-8-9(6-7-10(14)15)16-11(13-8)12(2,3)4/h5-7H2,1-4H3,(H,14,15). The number of aromatic nitrogens is 1. The van der Waals surface area contributed by atoms with Gasteiger partial charge in [0.05, 0.1) is 17.1 Å². The highest BCUT2D eigenvalue weighted by Gasteiger charge is 2.21. The zero-order valence-corrected chi connectivity index (χ0v) is 11.1. The third-order valence-corrected chi connectivity index (χ3v) is 3.90. The highest BCUT2D eigenvalue weighted by molar-refractivity contribution is 7.11. The molecular weight excluding hydrogens is 222 g/mol. The first kappa shape index (κ1) is 13.2. The van der Waals surface area contributed by atoms with Crippen LogP contribution in [0.3, 0.4) is 0 Å². The van der Waals surface area contributed by atoms with Gasteiger partial charge < -0.3 is 5.11 Å². The lowest BCUT2D eigenvalue weighted by Crippen LogP contribution is -2.10. The molecule has 0 amide bonds. The number of aryl methyl sites for hydroxylation is 2. The van der Waals surface area contributed by atoms with E-state index < -0.39 is 5.97 Å². The molecule has 0 aliphatic carbocycles. The summed E-state index contributed by atoms with van der Waals surface area (Å²) in [6.45, 7) is 8.45. The molecule has 0 saturated carbocycles. The first-order valence-corrected chi connectivity index (χ1v) is 6.37. The lowest BCUT2D eigenvalue weighted by Gasteiger charge is -2.13. The fraction of sp³-hybridized carbons (Fsp3) is 0.667. The van der Waals surface area contributed by atoms with Gasteiger partial charge in [-0.1, -0.05) is 27.7 Å². The summed E-state index contributed by atoms with van der Waals surface area (Å²) in [5.41, 5.74) is 1.12. The van der Waals surface area contributed by atoms with E-state index in [1.807, 2.05) is 0 Å². The van der Waals surface area contributed by atoms with Crippen molar-refractivity contribution in [1.82, 2.24) is 4.98 Å². The van der Waals surface area contributed by atoms with Crippen LogP contribution in [-0.4, -0.2) is 16.1 Å². The maximum atomic E-state index is 10.6. The second-order valence-corrected chi connectivity index (χ2v) is 5.97. The van der Waals surface area contributed by atoms with Crippen molar-refractivity contribution in [3.8, 4) is 0 Å². The minimum atomic E-state index is -0.743. The number of carboxylic acids is 1. The number of carbonyl (C=O) groups is 1. The predicted molar refractivity (Wildman–Crippen MR) is 66.1 cm³/mol. The Kier molecular flexibility index (Phi) is 4.08. The van der Waals surface area contributed by atoms with Crippen molar-refractivity contribution in [3.05, 3.63) is 15.6 Å². The highest BCUT2D eigenvalue weighted by Crippen LogP contribution is 2.30. The fourth-order valence-electron chi connectivity index (χ4n) is 1.40. The summed E-state index contributed by atoms with van der Waals surface area (Å²) in [4.78, 5) is 16.3. The van der Waals surface area contributed by atoms with E-state index in [9.17, 15) is 4.79 Å². The number of aliphatic carboxylic acids is 1. The summed E-state index contributed by atoms with van der Waals surface area (Å²) in [7, 11) is 0. The molecule has 0 aliphatic rings. The monoisotopic (exact) mass is 241 g/mol. The second kappa shape index (κ2) is 4.95. The quantitative estimate of drug-likeness (QED) is 0.881. The lowest BCUT2D eigenvalue weighted by atomic mass is 9.98. The zero-order valence-electron chi connectivity index (χ0n) is 10.3. The van der Waals surface area contributed by atoms with Crippen LogP contribution in [0.15, 0.2) is 0 Å². The predicted octanol–water partition coefficient (Wildman–Crippen LogP) is 3.02. The van der Waals surface area contributed by atoms with Crippen LogP contribution in [0.25, 0.3) is 0 Å². The topological polar surface area (TPSA) is 50.2 Å². The van der Waals surface area contributed by atoms with Crippen molar-refractivity contribution >= 4 is 17.3 Å². The first-order valence-electron chi connectivity index (χ1n) is 5.55. The summed E-state index contributed by atoms with van der Waals surface area (Å²) < 4.78 is 0. The van der Waals surface area contributed by atoms with Crippen LogP contribution in [0.2, 0.25) is 0 Å². The van der Waals surface area contributed by atoms with Gasteiger partial charge in [0, 0.05) is 10.3 Å². The molecule has 3 nitrogen and oxygen atoms in total. The van der Waals surface area contributed by atoms with Crippen molar-refractivity contribution in [2.75, 3.05) is 0 Å². The van der Waals surface area contributed by atoms with Crippen LogP contribution < -0.4 is 0 Å². The normalized spacial score (nSPS) is 11.8. The minimum absolute atomic E-state index is 0.0516. The van der Waals surface area contributed by atoms with E-state index >= 15 is 0 Å². The van der Waals surface area contributed by atoms with E-state index in [2.05, 4.69) is 32.7 Å². The Hall–Kier alpha value is -0.900. The van der Waals surface area contributed by atoms with Crippen molar-refractivity contribution in [2.45, 2.75) is 52.4 Å². The third kappa shape index (κ3) is 3.30. The van der Waals surface area contributed by atoms with E-state index in [-0.39, 0.29) is 11.8 Å². The van der Waals surface area contributed by atoms with Gasteiger partial charge >= 0.3 is 5.97 Å². The third-order valence-electron chi connectivity index (χ3n) is 2.32. The molecule has 1 aromatic rings. The SMILES string of the molecule is CCc1nc(C(C)(C)C)sc1CCC(=O)O. The summed E-state index contributed by atoms with van der Waals surface area (Å²) in [5.74, 6) is -0.743. The highest BCUT2D eigenvalue weighted by atomic mass is 32.1. The van der Waals surface area contributed by atoms with Gasteiger partial charge in [0.1, 0.15) is 0 Å². The van der Waals surface area contributed by atoms with Crippen molar-refractivity contribution in [2.24, 2.45) is 0 Å². The second-order valence-electron chi connectivity index (χ2n) is 4.89. The van der Waals surface area contributed by atoms with Crippen molar-refractivity contribution < 1.29 is 9.90 Å². The van der Waals surface area contributed by atoms with Gasteiger partial charge in [-0.25, -0.2) is 4.98 Å². The molecule has 0 fully saturated rings. The number of thiazole rings is 1. The maximum absolute atomic E-state index is 10.6. The molecule has 0 spiro atoms. The Bertz CT molecular complexity index is 377. The summed E-state index contributed by atoms with van der Waals surface area (Å²) in [6.07, 6.45) is 1.67. The molecule has 16 heavy (non-hydrogen) atoms. The van der Waals surface area contributed by atoms with E-state index in [1.54, 1.807) is 11.3 Å². The Morgan fingerprint density at radius 1 is 1.44 bits per heavy atom. The Morgan fingerprint density at radius 3 is 2.50 bits per heavy atom. The van der Waals surface area contributed by atoms with Crippen LogP contribution in [-0.2, 0) is 23.1 Å². The van der Waals surface area contributed by atoms with E-state index in [4.69, 9.17) is 5.11 Å². The van der Waals surface area contributed by atoms with Gasteiger partial charge in [-0.2, -0.15) is 0 Å². The molecule has 1 N–H and O–H groups in total. The molecule has 4 heteroatoms. The molecular formula is C12H19NO2S. The Labute approximate surface area is 101 Å². The summed E-state index contributed by atoms with van der Waals surface area (Å²) in [6, 6.07) is 0. The van der Waals surface area contributed by atoms with Gasteiger partial charge in [0.25, 0.3) is 0 Å². The smallest absolute Gasteiger partial charge is 0.303 e. The lowest BCUT2D eigenvalue weighted by molar-refractivity contribution is -0.136. The molecule has 0 saturated heterocycles. The molecule has 0 aromatic carbocycles. The average molecular weight is 241 g/mol. The van der Waals surface area contributed by atoms with Crippen LogP contribution >= 0.6 is 11.3 Å². The minimum Gasteiger partial charge on any atom is -0.481 e. The number of carboxylic acid groups (broad SMARTS) is 1. The van der Waals surface area contributed by atoms with Crippen LogP contribution in [0.1, 0.15) is 49.7 Å². The van der Waals surface area contributed by atoms with Crippen molar-refractivity contribution in [1.29, 1.82) is 0 Å². The molecule has 0 unspecified atom stereocenters. The van der Waals surface area contributed by atoms with Crippen LogP contribution in [0, 0.1) is 0 Å². The van der Waals surface area contributed by atoms with Crippen molar-refractivity contribution in [3.63, 3.8) is 0 Å². The van der Waals surface area contributed by atoms with Gasteiger partial charge in [0.2, 0.25) is 0 Å². The molecule has 0 bridgehead atoms. The molecule has 1 aromatic heterocycles. The largest absolute Gasteiger partial charge is 0.481 e. The van der Waals surface area contributed by atoms with E-state index in [1.165, 1.54) is 0 Å². The molecule has 90 valence electrons. The van der Waals surface area contributed by atoms with Gasteiger partial charge in [-0.3, -0.25) is 4.79 Å². The first-order chi connectivity index (χ1) is 7.34. The van der Waals surface area contributed by atoms with Gasteiger partial charge in [-0.15, -0.1) is 11.3 Å². The number of nitrogens with zero attached hydrogens (tertiary/aromatic N) is 1. The number of hydrogen-bond donors (Lipinski definition) is 1. The Morgan fingerprint density at radius 2 is 2.06 bits per heavy atom. The van der Waals surface area contributed by atoms with Gasteiger partial charge in [0.15, 0.2) is 0 Å². The molecule has 0 atom stereocenters. The molecule has 1 rings (SSSR count). The van der Waals surface area contributed by atoms with Crippen LogP contribution in [0.5, 0.6) is 0 Å². The van der Waals surface area contributed by atoms with E-state index in [0.29, 0.717) is 6.42 Å². The van der Waals surface area contributed by atoms with Gasteiger partial charge in [-0.05, 0) is 12.8 Å². The maximum Gasteiger partial charge on any atom is 0.303 e. The molecule has 1 heterocycles. The Balaban J connectivity index is 2.91. The fourth-order valence-corrected chi connectivity index (χ4v) is 2.60. The van der Waals surface area contributed by atoms with Crippen LogP contribution in [0.4, 0.5) is 0 Å². The zero-order chi connectivity index (χ0) is 12.3. The number of rotatable bonds is 4. The average Bonchev–Trinajstić information content (AvgIpc) is 2.56. The summed E-state index contributed by atoms with van der Waals surface area (Å²) in [5, 5.41) is 9.79. The molecule has 0 aliphatic heterocycles. The molecule has 0 radical (unpaired) electrons. The number of hydrogen-bond acceptors (Lipinski definition) is 3. The van der Waals surface area contributed by atoms with E-state index in [0.717, 1.165) is 22.0 Å². The summed E-state index contributed by atoms with van der Waals surface area (Å²) >= 11 is 1.66.